The fourth-order valence-electron chi connectivity index (χ4n) is 1.35. The Hall–Kier alpha value is -0.610. The first-order chi connectivity index (χ1) is 6.81. The minimum atomic E-state index is -0.494. The van der Waals surface area contributed by atoms with E-state index in [2.05, 4.69) is 5.32 Å². The lowest BCUT2D eigenvalue weighted by molar-refractivity contribution is -0.124. The van der Waals surface area contributed by atoms with Gasteiger partial charge in [0.1, 0.15) is 0 Å². The van der Waals surface area contributed by atoms with Gasteiger partial charge in [0.05, 0.1) is 12.6 Å². The summed E-state index contributed by atoms with van der Waals surface area (Å²) < 4.78 is 0. The van der Waals surface area contributed by atoms with Crippen molar-refractivity contribution in [2.75, 3.05) is 13.2 Å². The maximum Gasteiger partial charge on any atom is 0.237 e. The monoisotopic (exact) mass is 214 g/mol. The van der Waals surface area contributed by atoms with E-state index in [0.717, 1.165) is 12.8 Å². The topological polar surface area (TPSA) is 75.4 Å². The molecule has 0 saturated heterocycles. The first-order valence-electron chi connectivity index (χ1n) is 5.45. The summed E-state index contributed by atoms with van der Waals surface area (Å²) in [6.07, 6.45) is 1.99. The molecule has 1 amide bonds. The number of rotatable bonds is 4. The van der Waals surface area contributed by atoms with Gasteiger partial charge in [-0.05, 0) is 18.3 Å². The van der Waals surface area contributed by atoms with Gasteiger partial charge in [0, 0.05) is 12.0 Å². The van der Waals surface area contributed by atoms with Gasteiger partial charge in [0.2, 0.25) is 5.91 Å². The minimum Gasteiger partial charge on any atom is -0.396 e. The van der Waals surface area contributed by atoms with E-state index in [4.69, 9.17) is 10.8 Å². The van der Waals surface area contributed by atoms with Crippen LogP contribution in [0.3, 0.4) is 0 Å². The number of nitrogens with one attached hydrogen (secondary N) is 1. The van der Waals surface area contributed by atoms with Crippen molar-refractivity contribution >= 4 is 5.91 Å². The molecule has 1 atom stereocenters. The van der Waals surface area contributed by atoms with Crippen LogP contribution in [0, 0.1) is 10.8 Å². The smallest absolute Gasteiger partial charge is 0.237 e. The van der Waals surface area contributed by atoms with Crippen molar-refractivity contribution in [2.45, 2.75) is 39.7 Å². The number of aliphatic hydroxyl groups is 1. The quantitative estimate of drug-likeness (QED) is 0.628. The first-order valence-corrected chi connectivity index (χ1v) is 5.45. The van der Waals surface area contributed by atoms with E-state index in [9.17, 15) is 4.79 Å². The normalized spacial score (nSPS) is 20.9. The van der Waals surface area contributed by atoms with Crippen LogP contribution in [0.1, 0.15) is 33.6 Å². The molecule has 1 rings (SSSR count). The Morgan fingerprint density at radius 2 is 2.07 bits per heavy atom. The molecule has 88 valence electrons. The summed E-state index contributed by atoms with van der Waals surface area (Å²) in [5, 5.41) is 11.9. The number of hydrogen-bond donors (Lipinski definition) is 3. The van der Waals surface area contributed by atoms with Gasteiger partial charge in [-0.15, -0.1) is 0 Å². The molecule has 4 N–H and O–H groups in total. The Labute approximate surface area is 91.2 Å². The number of carbonyl (C=O) groups excluding carboxylic acids is 1. The standard InChI is InChI=1S/C11H22N2O2/c1-10(2,3)8(12)9(15)13-6-11(7-14)4-5-11/h8,14H,4-7,12H2,1-3H3,(H,13,15)/t8-/m1/s1. The van der Waals surface area contributed by atoms with Crippen molar-refractivity contribution in [1.82, 2.24) is 5.32 Å². The van der Waals surface area contributed by atoms with E-state index in [1.54, 1.807) is 0 Å². The molecule has 1 aliphatic rings. The molecule has 15 heavy (non-hydrogen) atoms. The van der Waals surface area contributed by atoms with Crippen molar-refractivity contribution in [2.24, 2.45) is 16.6 Å². The molecular formula is C11H22N2O2. The molecule has 1 fully saturated rings. The van der Waals surface area contributed by atoms with Crippen LogP contribution < -0.4 is 11.1 Å². The van der Waals surface area contributed by atoms with Gasteiger partial charge in [-0.3, -0.25) is 4.79 Å². The van der Waals surface area contributed by atoms with Gasteiger partial charge in [-0.2, -0.15) is 0 Å². The summed E-state index contributed by atoms with van der Waals surface area (Å²) in [5.74, 6) is -0.123. The number of hydrogen-bond acceptors (Lipinski definition) is 3. The summed E-state index contributed by atoms with van der Waals surface area (Å²) in [6.45, 7) is 6.52. The van der Waals surface area contributed by atoms with Crippen molar-refractivity contribution < 1.29 is 9.90 Å². The van der Waals surface area contributed by atoms with Crippen LogP contribution >= 0.6 is 0 Å². The SMILES string of the molecule is CC(C)(C)[C@H](N)C(=O)NCC1(CO)CC1. The Morgan fingerprint density at radius 1 is 1.53 bits per heavy atom. The summed E-state index contributed by atoms with van der Waals surface area (Å²) in [6, 6.07) is -0.494. The molecule has 4 heteroatoms. The van der Waals surface area contributed by atoms with Crippen LogP contribution in [0.25, 0.3) is 0 Å². The number of amides is 1. The lowest BCUT2D eigenvalue weighted by Gasteiger charge is -2.26. The Bertz CT molecular complexity index is 241. The summed E-state index contributed by atoms with van der Waals surface area (Å²) in [4.78, 5) is 11.7. The van der Waals surface area contributed by atoms with E-state index in [0.29, 0.717) is 6.54 Å². The van der Waals surface area contributed by atoms with Crippen molar-refractivity contribution in [3.05, 3.63) is 0 Å². The van der Waals surface area contributed by atoms with E-state index in [-0.39, 0.29) is 23.3 Å². The van der Waals surface area contributed by atoms with Gasteiger partial charge in [-0.1, -0.05) is 20.8 Å². The molecule has 0 aromatic rings. The zero-order valence-corrected chi connectivity index (χ0v) is 9.84. The lowest BCUT2D eigenvalue weighted by atomic mass is 9.87. The average Bonchev–Trinajstić information content (AvgIpc) is 2.92. The highest BCUT2D eigenvalue weighted by Crippen LogP contribution is 2.44. The molecule has 0 bridgehead atoms. The Morgan fingerprint density at radius 3 is 2.40 bits per heavy atom. The third kappa shape index (κ3) is 3.18. The fraction of sp³-hybridized carbons (Fsp3) is 0.909. The van der Waals surface area contributed by atoms with Gasteiger partial charge < -0.3 is 16.2 Å². The molecule has 0 radical (unpaired) electrons. The first kappa shape index (κ1) is 12.5. The molecule has 0 heterocycles. The second-order valence-corrected chi connectivity index (χ2v) is 5.72. The molecular weight excluding hydrogens is 192 g/mol. The molecule has 4 nitrogen and oxygen atoms in total. The molecule has 1 aliphatic carbocycles. The third-order valence-corrected chi connectivity index (χ3v) is 3.15. The molecule has 0 spiro atoms. The van der Waals surface area contributed by atoms with Crippen molar-refractivity contribution in [3.63, 3.8) is 0 Å². The maximum atomic E-state index is 11.7. The summed E-state index contributed by atoms with van der Waals surface area (Å²) >= 11 is 0. The second kappa shape index (κ2) is 4.10. The average molecular weight is 214 g/mol. The number of aliphatic hydroxyl groups excluding tert-OH is 1. The molecule has 1 saturated carbocycles. The largest absolute Gasteiger partial charge is 0.396 e. The number of nitrogens with two attached hydrogens (primary N) is 1. The molecule has 0 aliphatic heterocycles. The molecule has 0 unspecified atom stereocenters. The van der Waals surface area contributed by atoms with Gasteiger partial charge in [-0.25, -0.2) is 0 Å². The maximum absolute atomic E-state index is 11.7. The predicted octanol–water partition coefficient (Wildman–Crippen LogP) is 0.249. The van der Waals surface area contributed by atoms with Crippen LogP contribution in [0.5, 0.6) is 0 Å². The van der Waals surface area contributed by atoms with Crippen LogP contribution in [-0.2, 0) is 4.79 Å². The van der Waals surface area contributed by atoms with E-state index < -0.39 is 6.04 Å². The van der Waals surface area contributed by atoms with E-state index in [1.165, 1.54) is 0 Å². The zero-order valence-electron chi connectivity index (χ0n) is 9.84. The molecule has 0 aromatic heterocycles. The van der Waals surface area contributed by atoms with E-state index in [1.807, 2.05) is 20.8 Å². The van der Waals surface area contributed by atoms with E-state index >= 15 is 0 Å². The highest BCUT2D eigenvalue weighted by atomic mass is 16.3. The third-order valence-electron chi connectivity index (χ3n) is 3.15. The van der Waals surface area contributed by atoms with Crippen LogP contribution in [0.2, 0.25) is 0 Å². The zero-order chi connectivity index (χ0) is 11.7. The summed E-state index contributed by atoms with van der Waals surface area (Å²) in [7, 11) is 0. The lowest BCUT2D eigenvalue weighted by Crippen LogP contribution is -2.50. The van der Waals surface area contributed by atoms with Crippen molar-refractivity contribution in [1.29, 1.82) is 0 Å². The van der Waals surface area contributed by atoms with Gasteiger partial charge in [0.25, 0.3) is 0 Å². The van der Waals surface area contributed by atoms with Crippen LogP contribution in [0.4, 0.5) is 0 Å². The van der Waals surface area contributed by atoms with Gasteiger partial charge >= 0.3 is 0 Å². The van der Waals surface area contributed by atoms with Crippen LogP contribution in [0.15, 0.2) is 0 Å². The Kier molecular flexibility index (Phi) is 3.41. The van der Waals surface area contributed by atoms with Gasteiger partial charge in [0.15, 0.2) is 0 Å². The Balaban J connectivity index is 2.36. The highest BCUT2D eigenvalue weighted by Gasteiger charge is 2.42. The second-order valence-electron chi connectivity index (χ2n) is 5.72. The van der Waals surface area contributed by atoms with Crippen molar-refractivity contribution in [3.8, 4) is 0 Å². The minimum absolute atomic E-state index is 0.0483. The predicted molar refractivity (Wildman–Crippen MR) is 59.2 cm³/mol. The fourth-order valence-corrected chi connectivity index (χ4v) is 1.35. The highest BCUT2D eigenvalue weighted by molar-refractivity contribution is 5.82. The summed E-state index contributed by atoms with van der Waals surface area (Å²) in [5.41, 5.74) is 5.54. The van der Waals surface area contributed by atoms with Crippen LogP contribution in [-0.4, -0.2) is 30.2 Å². The molecule has 0 aromatic carbocycles. The number of carbonyl (C=O) groups is 1.